The molecule has 4 aliphatic rings. The second-order valence-corrected chi connectivity index (χ2v) is 30.7. The summed E-state index contributed by atoms with van der Waals surface area (Å²) >= 11 is 0. The van der Waals surface area contributed by atoms with Crippen molar-refractivity contribution in [3.05, 3.63) is 232 Å². The summed E-state index contributed by atoms with van der Waals surface area (Å²) in [5.74, 6) is -1.05. The highest BCUT2D eigenvalue weighted by molar-refractivity contribution is 5.97. The van der Waals surface area contributed by atoms with Crippen LogP contribution >= 0.6 is 12.4 Å². The van der Waals surface area contributed by atoms with Crippen LogP contribution in [0.25, 0.3) is 5.57 Å². The van der Waals surface area contributed by atoms with E-state index >= 15 is 0 Å². The van der Waals surface area contributed by atoms with Crippen molar-refractivity contribution in [1.82, 2.24) is 34.6 Å². The van der Waals surface area contributed by atoms with Crippen LogP contribution in [0.15, 0.2) is 164 Å². The van der Waals surface area contributed by atoms with Gasteiger partial charge in [0.15, 0.2) is 0 Å². The zero-order chi connectivity index (χ0) is 84.8. The molecule has 8 aromatic rings. The molecule has 1 saturated carbocycles. The van der Waals surface area contributed by atoms with Gasteiger partial charge in [0.25, 0.3) is 23.6 Å². The molecule has 0 bridgehead atoms. The summed E-state index contributed by atoms with van der Waals surface area (Å²) in [6.45, 7) is 23.1. The summed E-state index contributed by atoms with van der Waals surface area (Å²) in [6.07, 6.45) is 1.92. The topological polar surface area (TPSA) is 462 Å². The van der Waals surface area contributed by atoms with Gasteiger partial charge in [0, 0.05) is 39.0 Å². The highest BCUT2D eigenvalue weighted by atomic mass is 35.5. The summed E-state index contributed by atoms with van der Waals surface area (Å²) in [6, 6.07) is 41.0. The number of carbonyl (C=O) groups is 7. The molecule has 31 heteroatoms. The number of aliphatic hydroxyl groups excluding tert-OH is 3. The van der Waals surface area contributed by atoms with Gasteiger partial charge in [0.2, 0.25) is 29.4 Å². The van der Waals surface area contributed by atoms with Gasteiger partial charge in [-0.15, -0.1) is 12.4 Å². The molecule has 4 aromatic carbocycles. The Morgan fingerprint density at radius 3 is 1.08 bits per heavy atom. The maximum Gasteiger partial charge on any atom is 0.410 e. The van der Waals surface area contributed by atoms with E-state index in [0.717, 1.165) is 46.7 Å². The van der Waals surface area contributed by atoms with Crippen molar-refractivity contribution in [2.24, 2.45) is 22.9 Å². The van der Waals surface area contributed by atoms with Crippen molar-refractivity contribution in [2.75, 3.05) is 39.3 Å². The number of aromatic nitrogens is 4. The molecule has 3 fully saturated rings. The number of aliphatic hydroxyl groups is 6. The van der Waals surface area contributed by atoms with Gasteiger partial charge in [-0.1, -0.05) is 89.9 Å². The number of hydrogen-bond acceptors (Lipinski definition) is 23. The van der Waals surface area contributed by atoms with Crippen molar-refractivity contribution in [3.8, 4) is 46.5 Å². The third-order valence-electron chi connectivity index (χ3n) is 19.4. The fourth-order valence-corrected chi connectivity index (χ4v) is 12.7. The smallest absolute Gasteiger partial charge is 0.410 e. The second-order valence-electron chi connectivity index (χ2n) is 30.7. The van der Waals surface area contributed by atoms with Crippen LogP contribution in [-0.4, -0.2) is 176 Å². The molecular weight excluding hydrogens is 1530 g/mol. The number of ether oxygens (including phenoxy) is 6. The van der Waals surface area contributed by atoms with Gasteiger partial charge in [-0.05, 0) is 204 Å². The lowest BCUT2D eigenvalue weighted by molar-refractivity contribution is -0.148. The lowest BCUT2D eigenvalue weighted by Gasteiger charge is -2.41. The van der Waals surface area contributed by atoms with Crippen molar-refractivity contribution < 1.29 is 92.6 Å². The summed E-state index contributed by atoms with van der Waals surface area (Å²) in [5.41, 5.74) is 22.5. The predicted molar refractivity (Wildman–Crippen MR) is 436 cm³/mol. The fraction of sp³-hybridized carbons (Fsp3) is 0.360. The van der Waals surface area contributed by atoms with E-state index in [0.29, 0.717) is 61.0 Å². The molecule has 3 aliphatic heterocycles. The average Bonchev–Trinajstić information content (AvgIpc) is 0.783. The Morgan fingerprint density at radius 2 is 0.761 bits per heavy atom. The van der Waals surface area contributed by atoms with Crippen LogP contribution in [0.4, 0.5) is 9.59 Å². The molecule has 4 aromatic heterocycles. The lowest BCUT2D eigenvalue weighted by Crippen LogP contribution is -2.56. The van der Waals surface area contributed by atoms with E-state index in [4.69, 9.17) is 51.4 Å². The van der Waals surface area contributed by atoms with Gasteiger partial charge in [-0.2, -0.15) is 0 Å². The summed E-state index contributed by atoms with van der Waals surface area (Å²) in [7, 11) is 0. The number of rotatable bonds is 17. The van der Waals surface area contributed by atoms with Crippen molar-refractivity contribution >= 4 is 59.7 Å². The number of primary amides is 4. The van der Waals surface area contributed by atoms with Crippen molar-refractivity contribution in [3.63, 3.8) is 0 Å². The van der Waals surface area contributed by atoms with Crippen LogP contribution < -0.4 is 41.9 Å². The van der Waals surface area contributed by atoms with E-state index in [2.05, 4.69) is 26.5 Å². The van der Waals surface area contributed by atoms with Gasteiger partial charge in [-0.25, -0.2) is 29.5 Å². The molecule has 0 radical (unpaired) electrons. The zero-order valence-corrected chi connectivity index (χ0v) is 67.8. The number of carbonyl (C=O) groups excluding carboxylic acids is 7. The minimum atomic E-state index is -1.75. The van der Waals surface area contributed by atoms with Gasteiger partial charge in [0.1, 0.15) is 85.5 Å². The standard InChI is InChI=1S/C23H29N3O6.C23H27N3O4.C21H23N3O5.C19H22N2O4.ClH/c1-14-5-7-15(8-6-14)31-20-16(19(24)28)9-10-17(25-20)23(30)11-12-26(13-18(23)27)21(29)32-22(2,3)4;1-15-5-7-17(8-6-15)29-21-18(20(24)27)9-10-19(25-21)16-11-13-26(14-12-16)22(28)30-23(2,3)4;1-3-18(26)24-11-10-21(28,17(25)12-24)16-9-8-15(19(22)27)20(23-16)29-14-6-4-13(2)5-7-14;1-12-5-7-13(8-6-12)25-18-14(17(20)23)9-10-15(21-18)19(24)11-3-2-4-16(19)22;/h5-10,18,27,30H,11-13H2,1-4H3,(H2,24,28);5-11H,12-14H2,1-4H3,(H2,24,27);3-9,17,25,28H,1,10-12H2,2H3,(H2,22,27);5-10,16,22,24H,2-4,11H2,1H3,(H2,20,23);1H. The Hall–Kier alpha value is -11.9. The second kappa shape index (κ2) is 38.7. The Morgan fingerprint density at radius 1 is 0.436 bits per heavy atom. The van der Waals surface area contributed by atoms with Crippen molar-refractivity contribution in [2.45, 2.75) is 161 Å². The average molecular weight is 1630 g/mol. The van der Waals surface area contributed by atoms with Crippen LogP contribution in [-0.2, 0) is 31.1 Å². The summed E-state index contributed by atoms with van der Waals surface area (Å²) in [4.78, 5) is 105. The predicted octanol–water partition coefficient (Wildman–Crippen LogP) is 10.8. The lowest BCUT2D eigenvalue weighted by atomic mass is 9.79. The Kier molecular flexibility index (Phi) is 30.0. The molecule has 6 unspecified atom stereocenters. The number of benzene rings is 4. The molecule has 7 amide bonds. The highest BCUT2D eigenvalue weighted by Gasteiger charge is 2.47. The van der Waals surface area contributed by atoms with E-state index in [1.807, 2.05) is 115 Å². The molecule has 117 heavy (non-hydrogen) atoms. The number of halogens is 1. The van der Waals surface area contributed by atoms with E-state index in [9.17, 15) is 64.2 Å². The molecule has 1 aliphatic carbocycles. The molecular formula is C86H102ClN11O19. The van der Waals surface area contributed by atoms with Crippen LogP contribution in [0.3, 0.4) is 0 Å². The summed E-state index contributed by atoms with van der Waals surface area (Å²) in [5, 5.41) is 64.7. The molecule has 30 nitrogen and oxygen atoms in total. The third-order valence-corrected chi connectivity index (χ3v) is 19.4. The largest absolute Gasteiger partial charge is 0.444 e. The normalized spacial score (nSPS) is 19.7. The quantitative estimate of drug-likeness (QED) is 0.0379. The number of nitrogens with two attached hydrogens (primary N) is 4. The Balaban J connectivity index is 0.000000195. The maximum absolute atomic E-state index is 12.3. The van der Waals surface area contributed by atoms with Crippen molar-refractivity contribution in [1.29, 1.82) is 0 Å². The van der Waals surface area contributed by atoms with E-state index in [-0.39, 0.29) is 126 Å². The minimum absolute atomic E-state index is 0. The third kappa shape index (κ3) is 23.7. The molecule has 0 spiro atoms. The Bertz CT molecular complexity index is 4930. The number of pyridine rings is 4. The van der Waals surface area contributed by atoms with Gasteiger partial charge >= 0.3 is 12.2 Å². The first kappa shape index (κ1) is 90.6. The number of likely N-dealkylation sites (tertiary alicyclic amines) is 2. The number of hydrogen-bond donors (Lipinski definition) is 10. The molecule has 2 saturated heterocycles. The van der Waals surface area contributed by atoms with Crippen LogP contribution in [0.2, 0.25) is 0 Å². The van der Waals surface area contributed by atoms with E-state index in [1.165, 1.54) is 46.2 Å². The van der Waals surface area contributed by atoms with Crippen LogP contribution in [0.1, 0.15) is 173 Å². The molecule has 14 N–H and O–H groups in total. The van der Waals surface area contributed by atoms with Gasteiger partial charge in [-0.3, -0.25) is 24.0 Å². The van der Waals surface area contributed by atoms with E-state index < -0.39 is 76.0 Å². The molecule has 622 valence electrons. The molecule has 7 heterocycles. The first-order valence-electron chi connectivity index (χ1n) is 37.7. The highest BCUT2D eigenvalue weighted by Crippen LogP contribution is 2.41. The first-order valence-corrected chi connectivity index (χ1v) is 37.7. The Labute approximate surface area is 684 Å². The van der Waals surface area contributed by atoms with Gasteiger partial charge < -0.3 is 96.7 Å². The maximum atomic E-state index is 12.3. The number of nitrogens with zero attached hydrogens (tertiary/aromatic N) is 7. The van der Waals surface area contributed by atoms with E-state index in [1.54, 1.807) is 74.2 Å². The first-order chi connectivity index (χ1) is 54.6. The van der Waals surface area contributed by atoms with Crippen LogP contribution in [0.5, 0.6) is 46.5 Å². The number of β-amino-alcohol motifs (C(OH)–C–C–N with tert-alkyl or cyclic N) is 2. The number of piperidine rings is 2. The van der Waals surface area contributed by atoms with Gasteiger partial charge in [0.05, 0.1) is 42.0 Å². The minimum Gasteiger partial charge on any atom is -0.444 e. The number of amides is 7. The SMILES string of the molecule is C=CC(=O)N1CCC(O)(c2ccc(C(N)=O)c(Oc3ccc(C)cc3)n2)C(O)C1.Cc1ccc(Oc2nc(C3(O)CCCCC3O)ccc2C(N)=O)cc1.Cc1ccc(Oc2nc(C3(O)CCN(C(=O)OC(C)(C)C)CC3O)ccc2C(N)=O)cc1.Cc1ccc(Oc2nc(C3=CCN(C(=O)OC(C)(C)C)CC3)ccc2C(N)=O)cc1.Cl. The fourth-order valence-electron chi connectivity index (χ4n) is 12.7. The zero-order valence-electron chi connectivity index (χ0n) is 67.0. The monoisotopic (exact) mass is 1630 g/mol. The molecule has 12 rings (SSSR count). The summed E-state index contributed by atoms with van der Waals surface area (Å²) < 4.78 is 33.8. The molecule has 6 atom stereocenters. The number of aryl methyl sites for hydroxylation is 4. The van der Waals surface area contributed by atoms with Crippen LogP contribution in [0, 0.1) is 27.7 Å².